The smallest absolute Gasteiger partial charge is 0.0773 e. The molecular formula is C20H21NO. The Balaban J connectivity index is 1.92. The quantitative estimate of drug-likeness (QED) is 0.769. The van der Waals surface area contributed by atoms with E-state index in [1.54, 1.807) is 0 Å². The van der Waals surface area contributed by atoms with Crippen molar-refractivity contribution in [3.05, 3.63) is 83.4 Å². The van der Waals surface area contributed by atoms with Gasteiger partial charge in [-0.3, -0.25) is 0 Å². The summed E-state index contributed by atoms with van der Waals surface area (Å²) in [5, 5.41) is 12.9. The second-order valence-corrected chi connectivity index (χ2v) is 5.80. The van der Waals surface area contributed by atoms with Gasteiger partial charge in [0.15, 0.2) is 0 Å². The molecular weight excluding hydrogens is 270 g/mol. The summed E-state index contributed by atoms with van der Waals surface area (Å²) >= 11 is 0. The third-order valence-corrected chi connectivity index (χ3v) is 4.24. The first kappa shape index (κ1) is 14.8. The molecule has 3 N–H and O–H groups in total. The summed E-state index contributed by atoms with van der Waals surface area (Å²) in [7, 11) is 0. The molecule has 0 aliphatic heterocycles. The topological polar surface area (TPSA) is 46.2 Å². The molecule has 3 rings (SSSR count). The van der Waals surface area contributed by atoms with Crippen LogP contribution in [0.2, 0.25) is 0 Å². The molecule has 0 spiro atoms. The Morgan fingerprint density at radius 1 is 0.864 bits per heavy atom. The van der Waals surface area contributed by atoms with Crippen LogP contribution < -0.4 is 5.73 Å². The number of nitrogens with two attached hydrogens (primary N) is 1. The van der Waals surface area contributed by atoms with Gasteiger partial charge < -0.3 is 10.8 Å². The maximum Gasteiger partial charge on any atom is 0.0773 e. The molecule has 2 atom stereocenters. The van der Waals surface area contributed by atoms with Gasteiger partial charge in [0.05, 0.1) is 12.1 Å². The molecule has 2 heteroatoms. The van der Waals surface area contributed by atoms with Crippen LogP contribution in [0.3, 0.4) is 0 Å². The summed E-state index contributed by atoms with van der Waals surface area (Å²) in [6, 6.07) is 21.9. The van der Waals surface area contributed by atoms with Crippen molar-refractivity contribution < 1.29 is 5.11 Å². The number of aryl methyl sites for hydroxylation is 1. The van der Waals surface area contributed by atoms with Gasteiger partial charge in [0.25, 0.3) is 0 Å². The minimum Gasteiger partial charge on any atom is -0.391 e. The molecule has 0 radical (unpaired) electrons. The monoisotopic (exact) mass is 291 g/mol. The van der Waals surface area contributed by atoms with Gasteiger partial charge in [-0.2, -0.15) is 0 Å². The summed E-state index contributed by atoms with van der Waals surface area (Å²) in [5.74, 6) is 0. The van der Waals surface area contributed by atoms with E-state index < -0.39 is 12.1 Å². The van der Waals surface area contributed by atoms with E-state index in [2.05, 4.69) is 25.1 Å². The molecule has 22 heavy (non-hydrogen) atoms. The molecule has 3 aromatic rings. The highest BCUT2D eigenvalue weighted by atomic mass is 16.3. The number of aliphatic hydroxyl groups is 1. The van der Waals surface area contributed by atoms with Crippen molar-refractivity contribution in [3.63, 3.8) is 0 Å². The normalized spacial score (nSPS) is 14.0. The Morgan fingerprint density at radius 3 is 2.23 bits per heavy atom. The minimum absolute atomic E-state index is 0.397. The number of hydrogen-bond acceptors (Lipinski definition) is 2. The lowest BCUT2D eigenvalue weighted by atomic mass is 9.91. The maximum absolute atomic E-state index is 10.5. The Bertz CT molecular complexity index is 767. The molecule has 0 aliphatic rings. The molecule has 0 heterocycles. The second kappa shape index (κ2) is 6.30. The summed E-state index contributed by atoms with van der Waals surface area (Å²) in [6.45, 7) is 2.10. The van der Waals surface area contributed by atoms with Crippen LogP contribution in [-0.4, -0.2) is 11.2 Å². The van der Waals surface area contributed by atoms with Crippen LogP contribution in [0.1, 0.15) is 22.7 Å². The lowest BCUT2D eigenvalue weighted by Crippen LogP contribution is -2.28. The lowest BCUT2D eigenvalue weighted by molar-refractivity contribution is 0.145. The van der Waals surface area contributed by atoms with E-state index in [0.29, 0.717) is 6.42 Å². The van der Waals surface area contributed by atoms with Gasteiger partial charge in [-0.05, 0) is 34.4 Å². The summed E-state index contributed by atoms with van der Waals surface area (Å²) in [5.41, 5.74) is 9.68. The number of fused-ring (bicyclic) bond motifs is 1. The van der Waals surface area contributed by atoms with Crippen LogP contribution >= 0.6 is 0 Å². The molecule has 0 saturated carbocycles. The second-order valence-electron chi connectivity index (χ2n) is 5.80. The van der Waals surface area contributed by atoms with Gasteiger partial charge in [0.1, 0.15) is 0 Å². The minimum atomic E-state index is -0.603. The van der Waals surface area contributed by atoms with Crippen LogP contribution in [0.4, 0.5) is 0 Å². The SMILES string of the molecule is Cc1ccc([C@@H](N)[C@@H](O)Cc2ccccc2)c2ccccc12. The van der Waals surface area contributed by atoms with Gasteiger partial charge in [0, 0.05) is 6.42 Å². The van der Waals surface area contributed by atoms with Crippen molar-refractivity contribution in [2.24, 2.45) is 5.73 Å². The molecule has 112 valence electrons. The van der Waals surface area contributed by atoms with Crippen LogP contribution in [0.5, 0.6) is 0 Å². The standard InChI is InChI=1S/C20H21NO/c1-14-11-12-18(17-10-6-5-9-16(14)17)20(21)19(22)13-15-7-3-2-4-8-15/h2-12,19-20,22H,13,21H2,1H3/t19-,20+/m0/s1. The fourth-order valence-corrected chi connectivity index (χ4v) is 2.95. The van der Waals surface area contributed by atoms with E-state index in [9.17, 15) is 5.11 Å². The van der Waals surface area contributed by atoms with Gasteiger partial charge in [-0.1, -0.05) is 66.7 Å². The molecule has 0 aromatic heterocycles. The summed E-state index contributed by atoms with van der Waals surface area (Å²) in [4.78, 5) is 0. The Kier molecular flexibility index (Phi) is 4.23. The van der Waals surface area contributed by atoms with E-state index in [-0.39, 0.29) is 0 Å². The van der Waals surface area contributed by atoms with E-state index in [0.717, 1.165) is 16.5 Å². The summed E-state index contributed by atoms with van der Waals surface area (Å²) in [6.07, 6.45) is -0.0435. The molecule has 0 unspecified atom stereocenters. The van der Waals surface area contributed by atoms with Gasteiger partial charge >= 0.3 is 0 Å². The zero-order chi connectivity index (χ0) is 15.5. The third-order valence-electron chi connectivity index (χ3n) is 4.24. The highest BCUT2D eigenvalue weighted by molar-refractivity contribution is 5.89. The van der Waals surface area contributed by atoms with E-state index in [1.807, 2.05) is 48.5 Å². The van der Waals surface area contributed by atoms with Gasteiger partial charge in [-0.15, -0.1) is 0 Å². The molecule has 0 amide bonds. The van der Waals surface area contributed by atoms with Gasteiger partial charge in [-0.25, -0.2) is 0 Å². The van der Waals surface area contributed by atoms with Crippen LogP contribution in [0.15, 0.2) is 66.7 Å². The number of rotatable bonds is 4. The van der Waals surface area contributed by atoms with Gasteiger partial charge in [0.2, 0.25) is 0 Å². The van der Waals surface area contributed by atoms with E-state index in [1.165, 1.54) is 10.9 Å². The average Bonchev–Trinajstić information content (AvgIpc) is 2.56. The first-order valence-corrected chi connectivity index (χ1v) is 7.62. The van der Waals surface area contributed by atoms with Crippen LogP contribution in [0.25, 0.3) is 10.8 Å². The Hall–Kier alpha value is -2.16. The van der Waals surface area contributed by atoms with Crippen molar-refractivity contribution in [2.75, 3.05) is 0 Å². The van der Waals surface area contributed by atoms with E-state index in [4.69, 9.17) is 5.73 Å². The number of hydrogen-bond donors (Lipinski definition) is 2. The fraction of sp³-hybridized carbons (Fsp3) is 0.200. The van der Waals surface area contributed by atoms with Crippen molar-refractivity contribution in [1.29, 1.82) is 0 Å². The molecule has 0 saturated heterocycles. The molecule has 0 aliphatic carbocycles. The Morgan fingerprint density at radius 2 is 1.50 bits per heavy atom. The highest BCUT2D eigenvalue weighted by Crippen LogP contribution is 2.28. The Labute approximate surface area is 131 Å². The average molecular weight is 291 g/mol. The number of benzene rings is 3. The molecule has 3 aromatic carbocycles. The fourth-order valence-electron chi connectivity index (χ4n) is 2.95. The predicted molar refractivity (Wildman–Crippen MR) is 91.8 cm³/mol. The summed E-state index contributed by atoms with van der Waals surface area (Å²) < 4.78 is 0. The van der Waals surface area contributed by atoms with Crippen LogP contribution in [-0.2, 0) is 6.42 Å². The molecule has 0 fully saturated rings. The van der Waals surface area contributed by atoms with Crippen molar-refractivity contribution in [3.8, 4) is 0 Å². The lowest BCUT2D eigenvalue weighted by Gasteiger charge is -2.21. The predicted octanol–water partition coefficient (Wildman–Crippen LogP) is 3.75. The third kappa shape index (κ3) is 2.89. The molecule has 0 bridgehead atoms. The van der Waals surface area contributed by atoms with Crippen molar-refractivity contribution >= 4 is 10.8 Å². The van der Waals surface area contributed by atoms with Crippen molar-refractivity contribution in [2.45, 2.75) is 25.5 Å². The highest BCUT2D eigenvalue weighted by Gasteiger charge is 2.19. The van der Waals surface area contributed by atoms with E-state index >= 15 is 0 Å². The largest absolute Gasteiger partial charge is 0.391 e. The van der Waals surface area contributed by atoms with Crippen LogP contribution in [0, 0.1) is 6.92 Å². The number of aliphatic hydroxyl groups excluding tert-OH is 1. The zero-order valence-corrected chi connectivity index (χ0v) is 12.7. The van der Waals surface area contributed by atoms with Crippen molar-refractivity contribution in [1.82, 2.24) is 0 Å². The first-order valence-electron chi connectivity index (χ1n) is 7.62. The zero-order valence-electron chi connectivity index (χ0n) is 12.7. The molecule has 2 nitrogen and oxygen atoms in total. The first-order chi connectivity index (χ1) is 10.7. The maximum atomic E-state index is 10.5.